The number of pyridine rings is 1. The molecule has 2 aromatic heterocycles. The van der Waals surface area contributed by atoms with Crippen molar-refractivity contribution in [2.24, 2.45) is 0 Å². The van der Waals surface area contributed by atoms with Gasteiger partial charge in [0.05, 0.1) is 24.4 Å². The van der Waals surface area contributed by atoms with E-state index in [1.54, 1.807) is 36.3 Å². The predicted molar refractivity (Wildman–Crippen MR) is 245 cm³/mol. The van der Waals surface area contributed by atoms with Crippen LogP contribution in [-0.2, 0) is 42.1 Å². The number of hydrogen-bond donors (Lipinski definition) is 3. The molecule has 7 rings (SSSR count). The lowest BCUT2D eigenvalue weighted by molar-refractivity contribution is 0.0257. The Bertz CT molecular complexity index is 2400. The van der Waals surface area contributed by atoms with Crippen molar-refractivity contribution in [3.63, 3.8) is 0 Å². The molecular weight excluding hydrogens is 797 g/mol. The molecule has 63 heavy (non-hydrogen) atoms. The number of amides is 3. The summed E-state index contributed by atoms with van der Waals surface area (Å²) in [6.07, 6.45) is 4.94. The molecule has 3 N–H and O–H groups in total. The lowest BCUT2D eigenvalue weighted by Crippen LogP contribution is -2.39. The molecule has 4 heterocycles. The summed E-state index contributed by atoms with van der Waals surface area (Å²) < 4.78 is 18.8. The fraction of sp³-hybridized carbons (Fsp3) is 0.449. The van der Waals surface area contributed by atoms with Crippen LogP contribution in [0.2, 0.25) is 0 Å². The molecular formula is C49H62N8O6. The van der Waals surface area contributed by atoms with Crippen LogP contribution >= 0.6 is 0 Å². The Morgan fingerprint density at radius 3 is 2.29 bits per heavy atom. The van der Waals surface area contributed by atoms with Crippen molar-refractivity contribution in [3.05, 3.63) is 106 Å². The van der Waals surface area contributed by atoms with Gasteiger partial charge in [0.25, 0.3) is 11.8 Å². The molecule has 0 aliphatic carbocycles. The highest BCUT2D eigenvalue weighted by molar-refractivity contribution is 6.00. The minimum absolute atomic E-state index is 0.237. The van der Waals surface area contributed by atoms with E-state index in [1.165, 1.54) is 5.56 Å². The summed E-state index contributed by atoms with van der Waals surface area (Å²) in [5, 5.41) is 15.5. The number of nitrogens with zero attached hydrogens (tertiary/aromatic N) is 5. The van der Waals surface area contributed by atoms with Gasteiger partial charge in [0.15, 0.2) is 5.65 Å². The Labute approximate surface area is 370 Å². The van der Waals surface area contributed by atoms with Crippen LogP contribution in [-0.4, -0.2) is 101 Å². The first-order valence-electron chi connectivity index (χ1n) is 22.3. The molecule has 2 aliphatic heterocycles. The third kappa shape index (κ3) is 11.5. The van der Waals surface area contributed by atoms with Crippen molar-refractivity contribution in [1.82, 2.24) is 35.2 Å². The maximum Gasteiger partial charge on any atom is 0.410 e. The van der Waals surface area contributed by atoms with Crippen molar-refractivity contribution in [2.75, 3.05) is 51.8 Å². The molecule has 14 heteroatoms. The summed E-state index contributed by atoms with van der Waals surface area (Å²) in [5.74, 6) is 0.102. The van der Waals surface area contributed by atoms with Gasteiger partial charge in [0, 0.05) is 94.0 Å². The summed E-state index contributed by atoms with van der Waals surface area (Å²) in [6.45, 7) is 16.1. The van der Waals surface area contributed by atoms with Crippen molar-refractivity contribution in [2.45, 2.75) is 98.1 Å². The number of anilines is 1. The number of nitrogens with one attached hydrogen (secondary N) is 3. The molecule has 3 amide bonds. The fourth-order valence-corrected chi connectivity index (χ4v) is 8.25. The SMILES string of the molecule is CCc1nc2c(cnn2CC)c(NC2CCOCC2)c1CNC(=O)c1cccc(C(=O)NCc2cc(OC)cc(-c3cccc(CN4CCCN(C(=O)OC(C)(C)C)CC4)c3)c2)c1. The molecule has 5 aromatic rings. The van der Waals surface area contributed by atoms with Gasteiger partial charge >= 0.3 is 6.09 Å². The average molecular weight is 859 g/mol. The highest BCUT2D eigenvalue weighted by Crippen LogP contribution is 2.32. The zero-order valence-electron chi connectivity index (χ0n) is 37.6. The van der Waals surface area contributed by atoms with Gasteiger partial charge in [0.1, 0.15) is 11.4 Å². The predicted octanol–water partition coefficient (Wildman–Crippen LogP) is 7.58. The molecule has 0 spiro atoms. The largest absolute Gasteiger partial charge is 0.497 e. The highest BCUT2D eigenvalue weighted by atomic mass is 16.6. The molecule has 0 atom stereocenters. The van der Waals surface area contributed by atoms with Crippen LogP contribution in [0.4, 0.5) is 10.5 Å². The molecule has 2 fully saturated rings. The van der Waals surface area contributed by atoms with Gasteiger partial charge in [-0.05, 0) is 118 Å². The van der Waals surface area contributed by atoms with E-state index >= 15 is 0 Å². The molecule has 0 radical (unpaired) electrons. The molecule has 3 aromatic carbocycles. The Kier molecular flexibility index (Phi) is 14.6. The topological polar surface area (TPSA) is 152 Å². The van der Waals surface area contributed by atoms with Crippen molar-refractivity contribution >= 4 is 34.6 Å². The highest BCUT2D eigenvalue weighted by Gasteiger charge is 2.25. The summed E-state index contributed by atoms with van der Waals surface area (Å²) in [4.78, 5) is 49.2. The van der Waals surface area contributed by atoms with Gasteiger partial charge in [-0.15, -0.1) is 0 Å². The first-order chi connectivity index (χ1) is 30.4. The summed E-state index contributed by atoms with van der Waals surface area (Å²) in [6, 6.07) is 21.4. The number of methoxy groups -OCH3 is 1. The Hall–Kier alpha value is -5.99. The second kappa shape index (κ2) is 20.5. The molecule has 0 bridgehead atoms. The molecule has 0 unspecified atom stereocenters. The number of carbonyl (C=O) groups excluding carboxylic acids is 3. The van der Waals surface area contributed by atoms with E-state index in [9.17, 15) is 14.4 Å². The summed E-state index contributed by atoms with van der Waals surface area (Å²) >= 11 is 0. The van der Waals surface area contributed by atoms with E-state index < -0.39 is 5.60 Å². The van der Waals surface area contributed by atoms with Gasteiger partial charge in [-0.1, -0.05) is 31.2 Å². The minimum atomic E-state index is -0.522. The van der Waals surface area contributed by atoms with Crippen molar-refractivity contribution in [1.29, 1.82) is 0 Å². The van der Waals surface area contributed by atoms with Crippen LogP contribution in [0.25, 0.3) is 22.2 Å². The lowest BCUT2D eigenvalue weighted by atomic mass is 10.00. The lowest BCUT2D eigenvalue weighted by Gasteiger charge is -2.26. The second-order valence-electron chi connectivity index (χ2n) is 17.3. The van der Waals surface area contributed by atoms with Crippen molar-refractivity contribution < 1.29 is 28.6 Å². The number of carbonyl (C=O) groups is 3. The fourth-order valence-electron chi connectivity index (χ4n) is 8.25. The Balaban J connectivity index is 0.995. The Morgan fingerprint density at radius 1 is 0.841 bits per heavy atom. The van der Waals surface area contributed by atoms with Gasteiger partial charge < -0.3 is 35.1 Å². The van der Waals surface area contributed by atoms with Gasteiger partial charge in [0.2, 0.25) is 0 Å². The second-order valence-corrected chi connectivity index (χ2v) is 17.3. The minimum Gasteiger partial charge on any atom is -0.497 e. The number of aromatic nitrogens is 3. The van der Waals surface area contributed by atoms with Crippen LogP contribution in [0.3, 0.4) is 0 Å². The zero-order valence-corrected chi connectivity index (χ0v) is 37.6. The summed E-state index contributed by atoms with van der Waals surface area (Å²) in [5.41, 5.74) is 7.90. The van der Waals surface area contributed by atoms with Gasteiger partial charge in [-0.3, -0.25) is 14.5 Å². The number of rotatable bonds is 14. The molecule has 0 saturated carbocycles. The van der Waals surface area contributed by atoms with Gasteiger partial charge in [-0.25, -0.2) is 14.5 Å². The molecule has 2 aliphatic rings. The smallest absolute Gasteiger partial charge is 0.410 e. The number of hydrogen-bond acceptors (Lipinski definition) is 10. The number of fused-ring (bicyclic) bond motifs is 1. The van der Waals surface area contributed by atoms with E-state index in [0.717, 1.165) is 83.6 Å². The van der Waals surface area contributed by atoms with Crippen LogP contribution in [0, 0.1) is 0 Å². The van der Waals surface area contributed by atoms with Crippen LogP contribution in [0.15, 0.2) is 72.9 Å². The zero-order chi connectivity index (χ0) is 44.5. The maximum absolute atomic E-state index is 13.7. The molecule has 14 nitrogen and oxygen atoms in total. The van der Waals surface area contributed by atoms with E-state index in [4.69, 9.17) is 19.2 Å². The third-order valence-electron chi connectivity index (χ3n) is 11.6. The van der Waals surface area contributed by atoms with Gasteiger partial charge in [-0.2, -0.15) is 5.10 Å². The molecule has 334 valence electrons. The van der Waals surface area contributed by atoms with Crippen LogP contribution in [0.5, 0.6) is 5.75 Å². The van der Waals surface area contributed by atoms with E-state index in [0.29, 0.717) is 56.1 Å². The Morgan fingerprint density at radius 2 is 1.57 bits per heavy atom. The number of benzene rings is 3. The standard InChI is InChI=1S/C49H62N8O6/c1-7-43-41(44(53-39-16-22-62-23-17-39)42-31-52-57(8-2)45(42)54-43)30-51-47(59)37-15-10-14-36(27-37)46(58)50-29-34-25-38(28-40(26-34)61-6)35-13-9-12-33(24-35)32-55-18-11-19-56(21-20-55)48(60)63-49(3,4)5/h9-10,12-15,24-28,31,39H,7-8,11,16-23,29-30,32H2,1-6H3,(H,50,58)(H,51,59)(H,53,54). The monoisotopic (exact) mass is 858 g/mol. The average Bonchev–Trinajstić information content (AvgIpc) is 3.56. The summed E-state index contributed by atoms with van der Waals surface area (Å²) in [7, 11) is 1.63. The van der Waals surface area contributed by atoms with Crippen LogP contribution in [0.1, 0.15) is 97.0 Å². The number of ether oxygens (including phenoxy) is 3. The first-order valence-corrected chi connectivity index (χ1v) is 22.3. The quantitative estimate of drug-likeness (QED) is 0.102. The van der Waals surface area contributed by atoms with E-state index in [1.807, 2.05) is 50.7 Å². The normalized spacial score (nSPS) is 15.2. The number of aryl methyl sites for hydroxylation is 2. The van der Waals surface area contributed by atoms with Crippen molar-refractivity contribution in [3.8, 4) is 16.9 Å². The maximum atomic E-state index is 13.7. The van der Waals surface area contributed by atoms with Crippen LogP contribution < -0.4 is 20.7 Å². The van der Waals surface area contributed by atoms with E-state index in [-0.39, 0.29) is 37.0 Å². The molecule has 2 saturated heterocycles. The van der Waals surface area contributed by atoms with E-state index in [2.05, 4.69) is 63.2 Å². The first kappa shape index (κ1) is 45.0. The third-order valence-corrected chi connectivity index (χ3v) is 11.6.